The van der Waals surface area contributed by atoms with Gasteiger partial charge in [-0.3, -0.25) is 19.4 Å². The largest absolute Gasteiger partial charge is 0.482 e. The number of benzene rings is 3. The van der Waals surface area contributed by atoms with Gasteiger partial charge in [-0.2, -0.15) is 0 Å². The molecule has 3 aromatic rings. The van der Waals surface area contributed by atoms with E-state index >= 15 is 0 Å². The molecule has 0 aromatic heterocycles. The van der Waals surface area contributed by atoms with Gasteiger partial charge in [-0.05, 0) is 30.2 Å². The molecule has 1 fully saturated rings. The van der Waals surface area contributed by atoms with Crippen LogP contribution in [0.2, 0.25) is 10.0 Å². The number of halogens is 3. The molecule has 2 aliphatic heterocycles. The lowest BCUT2D eigenvalue weighted by molar-refractivity contribution is -0.128. The van der Waals surface area contributed by atoms with Crippen LogP contribution in [-0.2, 0) is 14.3 Å². The lowest BCUT2D eigenvalue weighted by Crippen LogP contribution is -2.53. The summed E-state index contributed by atoms with van der Waals surface area (Å²) in [4.78, 5) is 30.1. The number of anilines is 1. The van der Waals surface area contributed by atoms with Crippen molar-refractivity contribution < 1.29 is 23.5 Å². The van der Waals surface area contributed by atoms with Crippen LogP contribution in [0.1, 0.15) is 18.5 Å². The first-order chi connectivity index (χ1) is 18.8. The molecule has 3 aromatic carbocycles. The second-order valence-corrected chi connectivity index (χ2v) is 10.4. The maximum absolute atomic E-state index is 14.3. The van der Waals surface area contributed by atoms with E-state index in [4.69, 9.17) is 32.7 Å². The normalized spacial score (nSPS) is 17.2. The number of rotatable bonds is 7. The number of nitrogens with zero attached hydrogens (tertiary/aromatic N) is 2. The van der Waals surface area contributed by atoms with E-state index in [1.165, 1.54) is 17.0 Å². The maximum Gasteiger partial charge on any atom is 0.265 e. The molecule has 1 saturated heterocycles. The standard InChI is InChI=1S/C29H28Cl2FN3O4/c1-18(35-26-14-22(30)23(31)15-27(26)39-17-28(35)36)29(37)33-25(16-34-10-12-38-13-11-34)20-8-6-19(7-9-20)21-4-2-3-5-24(21)32/h2-9,14-15,18,25H,10-13,16-17H2,1H3,(H,33,37). The number of carbonyl (C=O) groups is 2. The number of morpholine rings is 1. The first kappa shape index (κ1) is 27.4. The molecule has 2 atom stereocenters. The van der Waals surface area contributed by atoms with Gasteiger partial charge in [0.05, 0.1) is 35.0 Å². The molecule has 10 heteroatoms. The van der Waals surface area contributed by atoms with E-state index in [-0.39, 0.29) is 35.3 Å². The highest BCUT2D eigenvalue weighted by molar-refractivity contribution is 6.42. The molecule has 2 unspecified atom stereocenters. The monoisotopic (exact) mass is 571 g/mol. The van der Waals surface area contributed by atoms with Crippen molar-refractivity contribution in [2.75, 3.05) is 44.4 Å². The summed E-state index contributed by atoms with van der Waals surface area (Å²) in [6.45, 7) is 4.72. The van der Waals surface area contributed by atoms with Crippen molar-refractivity contribution in [3.8, 4) is 16.9 Å². The molecule has 0 bridgehead atoms. The summed E-state index contributed by atoms with van der Waals surface area (Å²) in [6.07, 6.45) is 0. The zero-order valence-corrected chi connectivity index (χ0v) is 22.8. The van der Waals surface area contributed by atoms with Crippen LogP contribution in [0.25, 0.3) is 11.1 Å². The molecule has 0 radical (unpaired) electrons. The minimum Gasteiger partial charge on any atom is -0.482 e. The predicted octanol–water partition coefficient (Wildman–Crippen LogP) is 5.10. The van der Waals surface area contributed by atoms with Gasteiger partial charge in [-0.15, -0.1) is 0 Å². The Morgan fingerprint density at radius 2 is 1.74 bits per heavy atom. The number of hydrogen-bond donors (Lipinski definition) is 1. The molecule has 39 heavy (non-hydrogen) atoms. The Morgan fingerprint density at radius 3 is 2.46 bits per heavy atom. The van der Waals surface area contributed by atoms with Crippen LogP contribution < -0.4 is 15.0 Å². The van der Waals surface area contributed by atoms with Gasteiger partial charge < -0.3 is 14.8 Å². The summed E-state index contributed by atoms with van der Waals surface area (Å²) in [5.41, 5.74) is 2.51. The molecule has 0 saturated carbocycles. The number of amides is 2. The Balaban J connectivity index is 1.40. The average molecular weight is 572 g/mol. The van der Waals surface area contributed by atoms with E-state index in [9.17, 15) is 14.0 Å². The summed E-state index contributed by atoms with van der Waals surface area (Å²) in [6, 6.07) is 16.0. The predicted molar refractivity (Wildman–Crippen MR) is 149 cm³/mol. The third-order valence-corrected chi connectivity index (χ3v) is 7.73. The van der Waals surface area contributed by atoms with Crippen LogP contribution in [0, 0.1) is 5.82 Å². The highest BCUT2D eigenvalue weighted by Crippen LogP contribution is 2.39. The molecule has 2 heterocycles. The summed E-state index contributed by atoms with van der Waals surface area (Å²) in [5, 5.41) is 3.69. The fraction of sp³-hybridized carbons (Fsp3) is 0.310. The lowest BCUT2D eigenvalue weighted by Gasteiger charge is -2.35. The molecule has 204 valence electrons. The third kappa shape index (κ3) is 6.04. The van der Waals surface area contributed by atoms with Gasteiger partial charge in [0.1, 0.15) is 17.6 Å². The van der Waals surface area contributed by atoms with E-state index in [1.807, 2.05) is 24.3 Å². The Labute approximate surface area is 236 Å². The van der Waals surface area contributed by atoms with Gasteiger partial charge in [-0.1, -0.05) is 65.7 Å². The van der Waals surface area contributed by atoms with E-state index in [2.05, 4.69) is 10.2 Å². The third-order valence-electron chi connectivity index (χ3n) is 7.01. The zero-order valence-electron chi connectivity index (χ0n) is 21.3. The SMILES string of the molecule is CC(C(=O)NC(CN1CCOCC1)c1ccc(-c2ccccc2F)cc1)N1C(=O)COc2cc(Cl)c(Cl)cc21. The molecular weight excluding hydrogens is 544 g/mol. The van der Waals surface area contributed by atoms with Gasteiger partial charge in [0, 0.05) is 31.3 Å². The second-order valence-electron chi connectivity index (χ2n) is 9.54. The number of nitrogens with one attached hydrogen (secondary N) is 1. The van der Waals surface area contributed by atoms with Crippen molar-refractivity contribution >= 4 is 40.7 Å². The summed E-state index contributed by atoms with van der Waals surface area (Å²) >= 11 is 12.3. The van der Waals surface area contributed by atoms with Gasteiger partial charge in [0.15, 0.2) is 6.61 Å². The summed E-state index contributed by atoms with van der Waals surface area (Å²) in [7, 11) is 0. The summed E-state index contributed by atoms with van der Waals surface area (Å²) in [5.74, 6) is -0.604. The van der Waals surface area contributed by atoms with Crippen molar-refractivity contribution in [1.29, 1.82) is 0 Å². The summed E-state index contributed by atoms with van der Waals surface area (Å²) < 4.78 is 25.3. The number of ether oxygens (including phenoxy) is 2. The minimum absolute atomic E-state index is 0.211. The second kappa shape index (κ2) is 11.9. The molecule has 2 aliphatic rings. The molecule has 7 nitrogen and oxygen atoms in total. The van der Waals surface area contributed by atoms with Crippen LogP contribution >= 0.6 is 23.2 Å². The fourth-order valence-corrected chi connectivity index (χ4v) is 5.18. The molecule has 2 amide bonds. The quantitative estimate of drug-likeness (QED) is 0.427. The van der Waals surface area contributed by atoms with Gasteiger partial charge in [0.2, 0.25) is 5.91 Å². The van der Waals surface area contributed by atoms with Gasteiger partial charge >= 0.3 is 0 Å². The van der Waals surface area contributed by atoms with Gasteiger partial charge in [-0.25, -0.2) is 4.39 Å². The van der Waals surface area contributed by atoms with Crippen LogP contribution in [0.5, 0.6) is 5.75 Å². The van der Waals surface area contributed by atoms with Crippen molar-refractivity contribution in [2.45, 2.75) is 19.0 Å². The molecular formula is C29H28Cl2FN3O4. The van der Waals surface area contributed by atoms with Crippen LogP contribution in [0.3, 0.4) is 0 Å². The van der Waals surface area contributed by atoms with Crippen LogP contribution in [-0.4, -0.2) is 62.2 Å². The Morgan fingerprint density at radius 1 is 1.05 bits per heavy atom. The topological polar surface area (TPSA) is 71.1 Å². The first-order valence-corrected chi connectivity index (χ1v) is 13.5. The maximum atomic E-state index is 14.3. The smallest absolute Gasteiger partial charge is 0.265 e. The van der Waals surface area contributed by atoms with E-state index < -0.39 is 6.04 Å². The average Bonchev–Trinajstić information content (AvgIpc) is 2.94. The molecule has 0 spiro atoms. The lowest BCUT2D eigenvalue weighted by atomic mass is 9.99. The van der Waals surface area contributed by atoms with E-state index in [1.54, 1.807) is 31.2 Å². The van der Waals surface area contributed by atoms with E-state index in [0.717, 1.165) is 24.2 Å². The zero-order chi connectivity index (χ0) is 27.5. The number of fused-ring (bicyclic) bond motifs is 1. The Bertz CT molecular complexity index is 1370. The fourth-order valence-electron chi connectivity index (χ4n) is 4.87. The highest BCUT2D eigenvalue weighted by Gasteiger charge is 2.35. The molecule has 5 rings (SSSR count). The number of carbonyl (C=O) groups excluding carboxylic acids is 2. The van der Waals surface area contributed by atoms with Crippen LogP contribution in [0.4, 0.5) is 10.1 Å². The van der Waals surface area contributed by atoms with Crippen molar-refractivity contribution in [1.82, 2.24) is 10.2 Å². The Kier molecular flexibility index (Phi) is 8.37. The van der Waals surface area contributed by atoms with Crippen LogP contribution in [0.15, 0.2) is 60.7 Å². The Hall–Kier alpha value is -3.17. The van der Waals surface area contributed by atoms with Gasteiger partial charge in [0.25, 0.3) is 5.91 Å². The first-order valence-electron chi connectivity index (χ1n) is 12.7. The molecule has 0 aliphatic carbocycles. The van der Waals surface area contributed by atoms with E-state index in [0.29, 0.717) is 41.8 Å². The van der Waals surface area contributed by atoms with Crippen molar-refractivity contribution in [3.63, 3.8) is 0 Å². The van der Waals surface area contributed by atoms with Crippen molar-refractivity contribution in [2.24, 2.45) is 0 Å². The minimum atomic E-state index is -0.845. The highest BCUT2D eigenvalue weighted by atomic mass is 35.5. The number of hydrogen-bond acceptors (Lipinski definition) is 5. The van der Waals surface area contributed by atoms with Crippen molar-refractivity contribution in [3.05, 3.63) is 82.1 Å². The molecule has 1 N–H and O–H groups in total.